The van der Waals surface area contributed by atoms with E-state index in [2.05, 4.69) is 15.3 Å². The van der Waals surface area contributed by atoms with Crippen LogP contribution in [0.2, 0.25) is 0 Å². The maximum atomic E-state index is 10.4. The van der Waals surface area contributed by atoms with Gasteiger partial charge in [0.05, 0.1) is 24.7 Å². The highest BCUT2D eigenvalue weighted by Gasteiger charge is 2.47. The van der Waals surface area contributed by atoms with Crippen molar-refractivity contribution in [2.75, 3.05) is 13.7 Å². The Morgan fingerprint density at radius 2 is 1.88 bits per heavy atom. The summed E-state index contributed by atoms with van der Waals surface area (Å²) < 4.78 is 10.5. The molecule has 9 unspecified atom stereocenters. The first-order valence-electron chi connectivity index (χ1n) is 8.41. The van der Waals surface area contributed by atoms with Gasteiger partial charge in [0.15, 0.2) is 6.29 Å². The average Bonchev–Trinajstić information content (AvgIpc) is 2.64. The van der Waals surface area contributed by atoms with Gasteiger partial charge in [-0.15, -0.1) is 0 Å². The van der Waals surface area contributed by atoms with Gasteiger partial charge in [-0.05, 0) is 17.5 Å². The Balaban J connectivity index is 2.25. The summed E-state index contributed by atoms with van der Waals surface area (Å²) in [6, 6.07) is -1.73. The van der Waals surface area contributed by atoms with Crippen molar-refractivity contribution < 1.29 is 35.0 Å². The first-order chi connectivity index (χ1) is 12.3. The molecule has 9 atom stereocenters. The van der Waals surface area contributed by atoms with Crippen LogP contribution < -0.4 is 5.32 Å². The fraction of sp³-hybridized carbons (Fsp3) is 0.867. The van der Waals surface area contributed by atoms with Crippen LogP contribution in [0.4, 0.5) is 0 Å². The molecule has 148 valence electrons. The van der Waals surface area contributed by atoms with Crippen molar-refractivity contribution in [1.29, 1.82) is 0 Å². The van der Waals surface area contributed by atoms with E-state index in [1.165, 1.54) is 7.11 Å². The van der Waals surface area contributed by atoms with E-state index in [0.29, 0.717) is 12.0 Å². The third kappa shape index (κ3) is 4.17. The molecular weight excluding hydrogens is 348 g/mol. The normalized spacial score (nSPS) is 43.5. The van der Waals surface area contributed by atoms with Gasteiger partial charge in [-0.3, -0.25) is 0 Å². The first kappa shape index (κ1) is 21.0. The minimum atomic E-state index is -1.40. The molecule has 0 aromatic rings. The third-order valence-corrected chi connectivity index (χ3v) is 4.87. The van der Waals surface area contributed by atoms with Gasteiger partial charge < -0.3 is 40.3 Å². The molecule has 0 spiro atoms. The monoisotopic (exact) mass is 374 g/mol. The van der Waals surface area contributed by atoms with Crippen LogP contribution in [-0.2, 0) is 9.47 Å². The Kier molecular flexibility index (Phi) is 7.35. The molecule has 2 aliphatic rings. The fourth-order valence-corrected chi connectivity index (χ4v) is 3.35. The summed E-state index contributed by atoms with van der Waals surface area (Å²) in [7, 11) is 1.30. The summed E-state index contributed by atoms with van der Waals surface area (Å²) in [5.41, 5.74) is 9.08. The van der Waals surface area contributed by atoms with E-state index < -0.39 is 55.0 Å². The van der Waals surface area contributed by atoms with Gasteiger partial charge in [0.1, 0.15) is 30.5 Å². The van der Waals surface area contributed by atoms with E-state index in [1.54, 1.807) is 13.0 Å². The van der Waals surface area contributed by atoms with E-state index in [0.717, 1.165) is 0 Å². The van der Waals surface area contributed by atoms with Gasteiger partial charge in [0.2, 0.25) is 0 Å². The molecule has 0 amide bonds. The zero-order valence-electron chi connectivity index (χ0n) is 14.6. The average molecular weight is 374 g/mol. The fourth-order valence-electron chi connectivity index (χ4n) is 3.35. The molecule has 0 radical (unpaired) electrons. The highest BCUT2D eigenvalue weighted by molar-refractivity contribution is 5.21. The Hall–Kier alpha value is -1.27. The predicted molar refractivity (Wildman–Crippen MR) is 88.8 cm³/mol. The molecule has 0 aromatic heterocycles. The lowest BCUT2D eigenvalue weighted by Gasteiger charge is -2.45. The van der Waals surface area contributed by atoms with Crippen LogP contribution in [-0.4, -0.2) is 94.2 Å². The number of rotatable bonds is 6. The number of aliphatic hydroxyl groups excluding tert-OH is 5. The number of azide groups is 1. The summed E-state index contributed by atoms with van der Waals surface area (Å²) in [4.78, 5) is 2.67. The second-order valence-electron chi connectivity index (χ2n) is 6.41. The van der Waals surface area contributed by atoms with Crippen LogP contribution in [0.15, 0.2) is 16.8 Å². The van der Waals surface area contributed by atoms with E-state index in [1.807, 2.05) is 0 Å². The van der Waals surface area contributed by atoms with Crippen molar-refractivity contribution in [2.45, 2.75) is 68.3 Å². The van der Waals surface area contributed by atoms with Gasteiger partial charge in [0.25, 0.3) is 0 Å². The van der Waals surface area contributed by atoms with Crippen molar-refractivity contribution in [3.63, 3.8) is 0 Å². The minimum absolute atomic E-state index is 0.143. The predicted octanol–water partition coefficient (Wildman–Crippen LogP) is -1.85. The standard InChI is InChI=1S/C15H26N4O7/c1-3-6-4-7(11(21)13(23)10(6)20)18-9-8(5-17-19-16)26-15(25-2)14(24)12(9)22/h4,7-15,18,20-24H,3,5H2,1-2H3. The van der Waals surface area contributed by atoms with E-state index in [-0.39, 0.29) is 6.54 Å². The molecule has 2 rings (SSSR count). The minimum Gasteiger partial charge on any atom is -0.388 e. The molecular formula is C15H26N4O7. The van der Waals surface area contributed by atoms with Crippen molar-refractivity contribution in [2.24, 2.45) is 5.11 Å². The van der Waals surface area contributed by atoms with Crippen LogP contribution in [0.25, 0.3) is 10.4 Å². The molecule has 1 fully saturated rings. The number of methoxy groups -OCH3 is 1. The second kappa shape index (κ2) is 9.09. The van der Waals surface area contributed by atoms with E-state index in [9.17, 15) is 25.5 Å². The van der Waals surface area contributed by atoms with Crippen molar-refractivity contribution in [3.8, 4) is 0 Å². The first-order valence-corrected chi connectivity index (χ1v) is 8.41. The molecule has 26 heavy (non-hydrogen) atoms. The van der Waals surface area contributed by atoms with E-state index in [4.69, 9.17) is 15.0 Å². The number of aliphatic hydroxyl groups is 5. The molecule has 11 heteroatoms. The summed E-state index contributed by atoms with van der Waals surface area (Å²) in [5.74, 6) is 0. The summed E-state index contributed by atoms with van der Waals surface area (Å²) in [6.45, 7) is 1.66. The van der Waals surface area contributed by atoms with Gasteiger partial charge >= 0.3 is 0 Å². The van der Waals surface area contributed by atoms with Crippen LogP contribution >= 0.6 is 0 Å². The largest absolute Gasteiger partial charge is 0.388 e. The van der Waals surface area contributed by atoms with Crippen LogP contribution in [0, 0.1) is 0 Å². The number of nitrogens with one attached hydrogen (secondary N) is 1. The second-order valence-corrected chi connectivity index (χ2v) is 6.41. The summed E-state index contributed by atoms with van der Waals surface area (Å²) in [5, 5.41) is 57.2. The molecule has 6 N–H and O–H groups in total. The van der Waals surface area contributed by atoms with Gasteiger partial charge in [-0.1, -0.05) is 18.1 Å². The van der Waals surface area contributed by atoms with E-state index >= 15 is 0 Å². The van der Waals surface area contributed by atoms with Crippen molar-refractivity contribution in [3.05, 3.63) is 22.1 Å². The number of hydrogen-bond donors (Lipinski definition) is 6. The van der Waals surface area contributed by atoms with Crippen LogP contribution in [0.5, 0.6) is 0 Å². The Morgan fingerprint density at radius 3 is 2.46 bits per heavy atom. The highest BCUT2D eigenvalue weighted by atomic mass is 16.7. The molecule has 0 bridgehead atoms. The van der Waals surface area contributed by atoms with Crippen molar-refractivity contribution in [1.82, 2.24) is 5.32 Å². The lowest BCUT2D eigenvalue weighted by Crippen LogP contribution is -2.67. The summed E-state index contributed by atoms with van der Waals surface area (Å²) in [6.07, 6.45) is -6.55. The summed E-state index contributed by atoms with van der Waals surface area (Å²) >= 11 is 0. The SMILES string of the molecule is CCC1=CC(NC2C(CN=[N+]=[N-])OC(OC)C(O)C2O)C(O)C(O)C1O. The quantitative estimate of drug-likeness (QED) is 0.136. The zero-order valence-corrected chi connectivity index (χ0v) is 14.6. The zero-order chi connectivity index (χ0) is 19.4. The number of ether oxygens (including phenoxy) is 2. The van der Waals surface area contributed by atoms with Crippen LogP contribution in [0.1, 0.15) is 13.3 Å². The van der Waals surface area contributed by atoms with Gasteiger partial charge in [-0.2, -0.15) is 0 Å². The Labute approximate surface area is 150 Å². The topological polar surface area (TPSA) is 180 Å². The molecule has 1 heterocycles. The van der Waals surface area contributed by atoms with Gasteiger partial charge in [-0.25, -0.2) is 0 Å². The van der Waals surface area contributed by atoms with Crippen LogP contribution in [0.3, 0.4) is 0 Å². The molecule has 1 aliphatic heterocycles. The third-order valence-electron chi connectivity index (χ3n) is 4.87. The lowest BCUT2D eigenvalue weighted by molar-refractivity contribution is -0.266. The van der Waals surface area contributed by atoms with Crippen molar-refractivity contribution >= 4 is 0 Å². The molecule has 0 aromatic carbocycles. The molecule has 1 saturated heterocycles. The van der Waals surface area contributed by atoms with Gasteiger partial charge in [0, 0.05) is 12.0 Å². The maximum absolute atomic E-state index is 10.4. The number of hydrogen-bond acceptors (Lipinski definition) is 9. The molecule has 1 aliphatic carbocycles. The maximum Gasteiger partial charge on any atom is 0.186 e. The Morgan fingerprint density at radius 1 is 1.19 bits per heavy atom. The molecule has 0 saturated carbocycles. The smallest absolute Gasteiger partial charge is 0.186 e. The Bertz CT molecular complexity index is 556. The lowest BCUT2D eigenvalue weighted by atomic mass is 9.85. The molecule has 11 nitrogen and oxygen atoms in total. The highest BCUT2D eigenvalue weighted by Crippen LogP contribution is 2.26. The number of nitrogens with zero attached hydrogens (tertiary/aromatic N) is 3.